The summed E-state index contributed by atoms with van der Waals surface area (Å²) in [6, 6.07) is 1.80. The Balaban J connectivity index is 2.70. The minimum atomic E-state index is -4.44. The Hall–Kier alpha value is -1.50. The second-order valence-corrected chi connectivity index (χ2v) is 5.14. The van der Waals surface area contributed by atoms with E-state index in [1.807, 2.05) is 20.8 Å². The molecule has 1 heterocycles. The van der Waals surface area contributed by atoms with Gasteiger partial charge in [0.05, 0.1) is 17.8 Å². The Kier molecular flexibility index (Phi) is 5.21. The molecular formula is C13H19F3N2O2. The molecule has 0 spiro atoms. The molecule has 0 amide bonds. The summed E-state index contributed by atoms with van der Waals surface area (Å²) < 4.78 is 48.7. The molecular weight excluding hydrogens is 273 g/mol. The van der Waals surface area contributed by atoms with Crippen molar-refractivity contribution >= 4 is 5.82 Å². The standard InChI is InChI=1S/C13H19F3N2O2/c1-12(2,3)20-6-5-19-11-8-9(13(14,15)16)7-10(17-4)18-11/h7-8H,5-6H2,1-4H3,(H,17,18). The largest absolute Gasteiger partial charge is 0.475 e. The van der Waals surface area contributed by atoms with Gasteiger partial charge >= 0.3 is 6.18 Å². The van der Waals surface area contributed by atoms with Crippen molar-refractivity contribution in [1.82, 2.24) is 4.98 Å². The van der Waals surface area contributed by atoms with Crippen molar-refractivity contribution in [1.29, 1.82) is 0 Å². The van der Waals surface area contributed by atoms with Crippen molar-refractivity contribution < 1.29 is 22.6 Å². The SMILES string of the molecule is CNc1cc(C(F)(F)F)cc(OCCOC(C)(C)C)n1. The molecule has 0 saturated carbocycles. The minimum Gasteiger partial charge on any atom is -0.475 e. The predicted octanol–water partition coefficient (Wildman–Crippen LogP) is 3.34. The van der Waals surface area contributed by atoms with E-state index in [0.717, 1.165) is 12.1 Å². The van der Waals surface area contributed by atoms with Gasteiger partial charge in [-0.15, -0.1) is 0 Å². The molecule has 7 heteroatoms. The average molecular weight is 292 g/mol. The van der Waals surface area contributed by atoms with E-state index >= 15 is 0 Å². The molecule has 1 rings (SSSR count). The molecule has 0 bridgehead atoms. The summed E-state index contributed by atoms with van der Waals surface area (Å²) in [6.45, 7) is 6.06. The van der Waals surface area contributed by atoms with Gasteiger partial charge in [-0.1, -0.05) is 0 Å². The summed E-state index contributed by atoms with van der Waals surface area (Å²) in [5.41, 5.74) is -1.12. The molecule has 1 N–H and O–H groups in total. The molecule has 114 valence electrons. The van der Waals surface area contributed by atoms with Crippen LogP contribution in [0.1, 0.15) is 26.3 Å². The minimum absolute atomic E-state index is 0.0818. The van der Waals surface area contributed by atoms with E-state index in [4.69, 9.17) is 9.47 Å². The smallest absolute Gasteiger partial charge is 0.416 e. The summed E-state index contributed by atoms with van der Waals surface area (Å²) in [4.78, 5) is 3.91. The lowest BCUT2D eigenvalue weighted by atomic mass is 10.2. The zero-order chi connectivity index (χ0) is 15.4. The van der Waals surface area contributed by atoms with Gasteiger partial charge in [-0.05, 0) is 26.8 Å². The molecule has 0 aliphatic heterocycles. The molecule has 0 radical (unpaired) electrons. The molecule has 1 aromatic rings. The van der Waals surface area contributed by atoms with Crippen LogP contribution in [0.2, 0.25) is 0 Å². The highest BCUT2D eigenvalue weighted by Crippen LogP contribution is 2.32. The number of hydrogen-bond acceptors (Lipinski definition) is 4. The average Bonchev–Trinajstić information content (AvgIpc) is 2.32. The van der Waals surface area contributed by atoms with Gasteiger partial charge in [0.2, 0.25) is 5.88 Å². The van der Waals surface area contributed by atoms with Gasteiger partial charge in [0.25, 0.3) is 0 Å². The highest BCUT2D eigenvalue weighted by Gasteiger charge is 2.31. The van der Waals surface area contributed by atoms with Gasteiger partial charge in [-0.25, -0.2) is 0 Å². The summed E-state index contributed by atoms with van der Waals surface area (Å²) in [6.07, 6.45) is -4.44. The van der Waals surface area contributed by atoms with Crippen molar-refractivity contribution in [3.63, 3.8) is 0 Å². The van der Waals surface area contributed by atoms with Gasteiger partial charge in [-0.3, -0.25) is 0 Å². The molecule has 1 aromatic heterocycles. The molecule has 0 aliphatic carbocycles. The third kappa shape index (κ3) is 5.64. The van der Waals surface area contributed by atoms with Gasteiger partial charge in [0.1, 0.15) is 12.4 Å². The summed E-state index contributed by atoms with van der Waals surface area (Å²) in [5, 5.41) is 2.57. The first-order valence-corrected chi connectivity index (χ1v) is 6.15. The maximum atomic E-state index is 12.7. The second kappa shape index (κ2) is 6.30. The number of rotatable bonds is 5. The number of aromatic nitrogens is 1. The van der Waals surface area contributed by atoms with E-state index in [2.05, 4.69) is 10.3 Å². The Bertz CT molecular complexity index is 442. The predicted molar refractivity (Wildman–Crippen MR) is 70.0 cm³/mol. The molecule has 20 heavy (non-hydrogen) atoms. The number of hydrogen-bond donors (Lipinski definition) is 1. The maximum absolute atomic E-state index is 12.7. The van der Waals surface area contributed by atoms with Crippen LogP contribution in [0.25, 0.3) is 0 Å². The molecule has 0 saturated heterocycles. The van der Waals surface area contributed by atoms with Crippen LogP contribution in [0.4, 0.5) is 19.0 Å². The second-order valence-electron chi connectivity index (χ2n) is 5.14. The molecule has 0 aliphatic rings. The van der Waals surface area contributed by atoms with Crippen LogP contribution in [-0.2, 0) is 10.9 Å². The van der Waals surface area contributed by atoms with Crippen LogP contribution >= 0.6 is 0 Å². The monoisotopic (exact) mass is 292 g/mol. The van der Waals surface area contributed by atoms with Gasteiger partial charge < -0.3 is 14.8 Å². The summed E-state index contributed by atoms with van der Waals surface area (Å²) >= 11 is 0. The normalized spacial score (nSPS) is 12.3. The van der Waals surface area contributed by atoms with Gasteiger partial charge in [0, 0.05) is 13.1 Å². The maximum Gasteiger partial charge on any atom is 0.416 e. The van der Waals surface area contributed by atoms with Crippen LogP contribution < -0.4 is 10.1 Å². The van der Waals surface area contributed by atoms with Crippen molar-refractivity contribution in [2.45, 2.75) is 32.5 Å². The number of alkyl halides is 3. The lowest BCUT2D eigenvalue weighted by Crippen LogP contribution is -2.22. The number of nitrogens with zero attached hydrogens (tertiary/aromatic N) is 1. The van der Waals surface area contributed by atoms with Crippen molar-refractivity contribution in [3.8, 4) is 5.88 Å². The van der Waals surface area contributed by atoms with Crippen LogP contribution in [0, 0.1) is 0 Å². The molecule has 4 nitrogen and oxygen atoms in total. The van der Waals surface area contributed by atoms with E-state index in [0.29, 0.717) is 0 Å². The molecule has 0 fully saturated rings. The fourth-order valence-electron chi connectivity index (χ4n) is 1.37. The Morgan fingerprint density at radius 2 is 1.80 bits per heavy atom. The highest BCUT2D eigenvalue weighted by atomic mass is 19.4. The molecule has 0 unspecified atom stereocenters. The number of ether oxygens (including phenoxy) is 2. The number of anilines is 1. The van der Waals surface area contributed by atoms with E-state index < -0.39 is 11.7 Å². The highest BCUT2D eigenvalue weighted by molar-refractivity contribution is 5.42. The third-order valence-electron chi connectivity index (χ3n) is 2.25. The first kappa shape index (κ1) is 16.6. The van der Waals surface area contributed by atoms with Crippen LogP contribution in [0.15, 0.2) is 12.1 Å². The van der Waals surface area contributed by atoms with E-state index in [-0.39, 0.29) is 30.5 Å². The fourth-order valence-corrected chi connectivity index (χ4v) is 1.37. The zero-order valence-corrected chi connectivity index (χ0v) is 12.0. The summed E-state index contributed by atoms with van der Waals surface area (Å²) in [7, 11) is 1.50. The third-order valence-corrected chi connectivity index (χ3v) is 2.25. The Morgan fingerprint density at radius 1 is 1.15 bits per heavy atom. The molecule has 0 atom stereocenters. The number of halogens is 3. The lowest BCUT2D eigenvalue weighted by molar-refractivity contribution is -0.137. The van der Waals surface area contributed by atoms with Gasteiger partial charge in [0.15, 0.2) is 0 Å². The van der Waals surface area contributed by atoms with Gasteiger partial charge in [-0.2, -0.15) is 18.2 Å². The Morgan fingerprint density at radius 3 is 2.30 bits per heavy atom. The zero-order valence-electron chi connectivity index (χ0n) is 12.0. The van der Waals surface area contributed by atoms with Crippen molar-refractivity contribution in [2.75, 3.05) is 25.6 Å². The van der Waals surface area contributed by atoms with Crippen molar-refractivity contribution in [3.05, 3.63) is 17.7 Å². The van der Waals surface area contributed by atoms with E-state index in [1.165, 1.54) is 7.05 Å². The van der Waals surface area contributed by atoms with Crippen LogP contribution in [-0.4, -0.2) is 30.8 Å². The number of nitrogens with one attached hydrogen (secondary N) is 1. The van der Waals surface area contributed by atoms with Crippen molar-refractivity contribution in [2.24, 2.45) is 0 Å². The quantitative estimate of drug-likeness (QED) is 0.845. The van der Waals surface area contributed by atoms with E-state index in [1.54, 1.807) is 0 Å². The first-order valence-electron chi connectivity index (χ1n) is 6.15. The lowest BCUT2D eigenvalue weighted by Gasteiger charge is -2.19. The first-order chi connectivity index (χ1) is 9.12. The number of pyridine rings is 1. The van der Waals surface area contributed by atoms with Crippen LogP contribution in [0.3, 0.4) is 0 Å². The topological polar surface area (TPSA) is 43.4 Å². The fraction of sp³-hybridized carbons (Fsp3) is 0.615. The van der Waals surface area contributed by atoms with Crippen LogP contribution in [0.5, 0.6) is 5.88 Å². The Labute approximate surface area is 116 Å². The molecule has 0 aromatic carbocycles. The summed E-state index contributed by atoms with van der Waals surface area (Å²) in [5.74, 6) is 0.0215. The van der Waals surface area contributed by atoms with E-state index in [9.17, 15) is 13.2 Å².